The zero-order valence-corrected chi connectivity index (χ0v) is 51.3. The summed E-state index contributed by atoms with van der Waals surface area (Å²) in [6.07, 6.45) is 6.43. The monoisotopic (exact) mass is 1170 g/mol. The Hall–Kier alpha value is -10.5. The summed E-state index contributed by atoms with van der Waals surface area (Å²) < 4.78 is 0. The van der Waals surface area contributed by atoms with Crippen LogP contribution in [-0.2, 0) is 0 Å². The zero-order valence-electron chi connectivity index (χ0n) is 49.6. The summed E-state index contributed by atoms with van der Waals surface area (Å²) in [6, 6.07) is 109. The van der Waals surface area contributed by atoms with E-state index in [1.165, 1.54) is 68.5 Å². The van der Waals surface area contributed by atoms with Crippen LogP contribution in [0.4, 0.5) is 68.2 Å². The number of allylic oxidation sites excluding steroid dienone is 3. The van der Waals surface area contributed by atoms with Gasteiger partial charge in [0.05, 0.1) is 17.1 Å². The molecule has 14 aromatic rings. The van der Waals surface area contributed by atoms with Gasteiger partial charge in [0.15, 0.2) is 0 Å². The summed E-state index contributed by atoms with van der Waals surface area (Å²) in [5.41, 5.74) is 17.7. The molecule has 0 saturated heterocycles. The van der Waals surface area contributed by atoms with E-state index in [2.05, 4.69) is 363 Å². The van der Waals surface area contributed by atoms with Gasteiger partial charge < -0.3 is 19.6 Å². The number of hydrogen-bond donors (Lipinski definition) is 0. The topological polar surface area (TPSA) is 13.0 Å². The first-order valence-electron chi connectivity index (χ1n) is 30.0. The van der Waals surface area contributed by atoms with E-state index in [4.69, 9.17) is 0 Å². The van der Waals surface area contributed by atoms with Gasteiger partial charge in [0.25, 0.3) is 0 Å². The molecule has 88 heavy (non-hydrogen) atoms. The Bertz CT molecular complexity index is 4590. The molecule has 0 unspecified atom stereocenters. The number of fused-ring (bicyclic) bond motifs is 3. The largest absolute Gasteiger partial charge is 0.310 e. The minimum Gasteiger partial charge on any atom is -0.310 e. The first-order valence-corrected chi connectivity index (χ1v) is 31.6. The van der Waals surface area contributed by atoms with Crippen LogP contribution in [-0.4, -0.2) is 0 Å². The van der Waals surface area contributed by atoms with Crippen LogP contribution in [0.1, 0.15) is 29.2 Å². The van der Waals surface area contributed by atoms with Gasteiger partial charge in [-0.1, -0.05) is 169 Å². The molecule has 0 aliphatic carbocycles. The van der Waals surface area contributed by atoms with Crippen LogP contribution < -0.4 is 19.6 Å². The first-order chi connectivity index (χ1) is 43.3. The molecular weight excluding hydrogens is 1110 g/mol. The van der Waals surface area contributed by atoms with Crippen molar-refractivity contribution in [2.75, 3.05) is 19.6 Å². The van der Waals surface area contributed by atoms with E-state index in [0.717, 1.165) is 73.8 Å². The molecule has 12 aromatic carbocycles. The highest BCUT2D eigenvalue weighted by Gasteiger charge is 2.22. The van der Waals surface area contributed by atoms with Gasteiger partial charge in [-0.15, -0.1) is 22.7 Å². The van der Waals surface area contributed by atoms with Crippen molar-refractivity contribution in [2.45, 2.75) is 27.7 Å². The quantitative estimate of drug-likeness (QED) is 0.0894. The summed E-state index contributed by atoms with van der Waals surface area (Å²) in [5, 5.41) is 7.13. The molecule has 6 heteroatoms. The van der Waals surface area contributed by atoms with E-state index in [1.54, 1.807) is 0 Å². The minimum absolute atomic E-state index is 1.03. The average Bonchev–Trinajstić information content (AvgIpc) is 1.52. The molecule has 4 nitrogen and oxygen atoms in total. The Kier molecular flexibility index (Phi) is 15.4. The normalized spacial score (nSPS) is 11.4. The predicted octanol–water partition coefficient (Wildman–Crippen LogP) is 25.1. The lowest BCUT2D eigenvalue weighted by Gasteiger charge is -2.31. The lowest BCUT2D eigenvalue weighted by molar-refractivity contribution is 1.24. The number of aryl methyl sites for hydroxylation is 2. The SMILES string of the molecule is CC(C)=C/C=C/c1ccc(N(c2ccc(N(c3ccc(N(c4ccc(-c5ccc(C)s5)cc4)c4cccc5ccccc45)cc3)c3ccc(N(c4ccc(-c5ccc(C)s5)cc4)c4cccc5ccccc45)cc3)cc2)c2cccc3ccccc23)cc1. The Balaban J connectivity index is 0.892. The van der Waals surface area contributed by atoms with Crippen molar-refractivity contribution in [1.82, 2.24) is 0 Å². The number of benzene rings is 12. The molecule has 0 spiro atoms. The van der Waals surface area contributed by atoms with Crippen molar-refractivity contribution in [3.63, 3.8) is 0 Å². The van der Waals surface area contributed by atoms with Gasteiger partial charge in [-0.25, -0.2) is 0 Å². The molecular formula is C82H64N4S2. The van der Waals surface area contributed by atoms with Crippen molar-refractivity contribution < 1.29 is 0 Å². The summed E-state index contributed by atoms with van der Waals surface area (Å²) in [7, 11) is 0. The van der Waals surface area contributed by atoms with Crippen LogP contribution in [0, 0.1) is 13.8 Å². The smallest absolute Gasteiger partial charge is 0.0540 e. The molecule has 14 rings (SSSR count). The van der Waals surface area contributed by atoms with E-state index in [1.807, 2.05) is 22.7 Å². The van der Waals surface area contributed by atoms with E-state index in [0.29, 0.717) is 0 Å². The van der Waals surface area contributed by atoms with Crippen molar-refractivity contribution in [2.24, 2.45) is 0 Å². The van der Waals surface area contributed by atoms with E-state index < -0.39 is 0 Å². The lowest BCUT2D eigenvalue weighted by atomic mass is 10.0. The third kappa shape index (κ3) is 11.3. The Morgan fingerprint density at radius 2 is 0.568 bits per heavy atom. The molecule has 424 valence electrons. The van der Waals surface area contributed by atoms with Crippen LogP contribution in [0.3, 0.4) is 0 Å². The summed E-state index contributed by atoms with van der Waals surface area (Å²) in [4.78, 5) is 14.7. The minimum atomic E-state index is 1.03. The molecule has 0 bridgehead atoms. The van der Waals surface area contributed by atoms with Gasteiger partial charge in [0.1, 0.15) is 0 Å². The molecule has 0 aliphatic rings. The maximum absolute atomic E-state index is 2.40. The fourth-order valence-corrected chi connectivity index (χ4v) is 13.8. The molecule has 0 fully saturated rings. The van der Waals surface area contributed by atoms with E-state index in [-0.39, 0.29) is 0 Å². The molecule has 0 amide bonds. The molecule has 2 aromatic heterocycles. The molecule has 0 N–H and O–H groups in total. The molecule has 0 atom stereocenters. The summed E-state index contributed by atoms with van der Waals surface area (Å²) >= 11 is 3.66. The standard InChI is InChI=1S/C82H64N4S2/c1-57(2)15-11-16-60-31-37-69(38-32-60)84(78-26-12-20-61-17-5-8-23-75(61)78)72-49-43-66(44-50-72)83(67-45-51-73(52-46-67)85(79-27-13-21-62-18-6-9-24-76(62)79)70-39-33-64(34-40-70)81-55-29-58(3)87-81)68-47-53-74(54-48-68)86(80-28-14-22-63-19-7-10-25-77(63)80)71-41-35-65(36-42-71)82-56-30-59(4)88-82/h5-56H,1-4H3/b16-11+. The van der Waals surface area contributed by atoms with Gasteiger partial charge >= 0.3 is 0 Å². The number of nitrogens with zero attached hydrogens (tertiary/aromatic N) is 4. The van der Waals surface area contributed by atoms with Gasteiger partial charge in [-0.05, 0) is 212 Å². The van der Waals surface area contributed by atoms with Crippen LogP contribution in [0.5, 0.6) is 0 Å². The van der Waals surface area contributed by atoms with Crippen LogP contribution in [0.15, 0.2) is 315 Å². The van der Waals surface area contributed by atoms with Crippen molar-refractivity contribution in [3.8, 4) is 20.9 Å². The van der Waals surface area contributed by atoms with Gasteiger partial charge in [0, 0.05) is 86.9 Å². The molecule has 0 radical (unpaired) electrons. The second-order valence-electron chi connectivity index (χ2n) is 22.5. The fourth-order valence-electron chi connectivity index (χ4n) is 12.0. The average molecular weight is 1170 g/mol. The van der Waals surface area contributed by atoms with Gasteiger partial charge in [-0.3, -0.25) is 0 Å². The number of hydrogen-bond acceptors (Lipinski definition) is 6. The second-order valence-corrected chi connectivity index (χ2v) is 25.1. The second kappa shape index (κ2) is 24.5. The Labute approximate surface area is 524 Å². The van der Waals surface area contributed by atoms with Gasteiger partial charge in [0.2, 0.25) is 0 Å². The number of rotatable bonds is 16. The maximum atomic E-state index is 2.40. The Morgan fingerprint density at radius 1 is 0.284 bits per heavy atom. The lowest BCUT2D eigenvalue weighted by Crippen LogP contribution is -2.14. The van der Waals surface area contributed by atoms with Crippen molar-refractivity contribution >= 4 is 129 Å². The van der Waals surface area contributed by atoms with E-state index >= 15 is 0 Å². The van der Waals surface area contributed by atoms with Gasteiger partial charge in [-0.2, -0.15) is 0 Å². The molecule has 2 heterocycles. The van der Waals surface area contributed by atoms with Crippen molar-refractivity contribution in [3.05, 3.63) is 330 Å². The Morgan fingerprint density at radius 3 is 0.875 bits per heavy atom. The first kappa shape index (κ1) is 55.4. The highest BCUT2D eigenvalue weighted by atomic mass is 32.1. The zero-order chi connectivity index (χ0) is 59.5. The number of anilines is 12. The summed E-state index contributed by atoms with van der Waals surface area (Å²) in [6.45, 7) is 8.58. The highest BCUT2D eigenvalue weighted by molar-refractivity contribution is 7.15. The number of thiophene rings is 2. The van der Waals surface area contributed by atoms with E-state index in [9.17, 15) is 0 Å². The third-order valence-corrected chi connectivity index (χ3v) is 18.4. The highest BCUT2D eigenvalue weighted by Crippen LogP contribution is 2.47. The predicted molar refractivity (Wildman–Crippen MR) is 382 cm³/mol. The van der Waals surface area contributed by atoms with Crippen LogP contribution >= 0.6 is 22.7 Å². The third-order valence-electron chi connectivity index (χ3n) is 16.3. The molecule has 0 aliphatic heterocycles. The fraction of sp³-hybridized carbons (Fsp3) is 0.0488. The summed E-state index contributed by atoms with van der Waals surface area (Å²) in [5.74, 6) is 0. The van der Waals surface area contributed by atoms with Crippen molar-refractivity contribution in [1.29, 1.82) is 0 Å². The maximum Gasteiger partial charge on any atom is 0.0540 e. The molecule has 0 saturated carbocycles. The van der Waals surface area contributed by atoms with Crippen LogP contribution in [0.25, 0.3) is 59.3 Å². The van der Waals surface area contributed by atoms with Crippen LogP contribution in [0.2, 0.25) is 0 Å².